The Hall–Kier alpha value is -1.49. The van der Waals surface area contributed by atoms with E-state index in [9.17, 15) is 9.59 Å². The predicted molar refractivity (Wildman–Crippen MR) is 126 cm³/mol. The van der Waals surface area contributed by atoms with Crippen LogP contribution in [0.3, 0.4) is 0 Å². The maximum absolute atomic E-state index is 12.7. The van der Waals surface area contributed by atoms with E-state index in [0.717, 1.165) is 29.7 Å². The molecule has 1 aliphatic carbocycles. The molecule has 2 aromatic rings. The van der Waals surface area contributed by atoms with Gasteiger partial charge in [-0.2, -0.15) is 0 Å². The molecule has 4 N–H and O–H groups in total. The van der Waals surface area contributed by atoms with Crippen molar-refractivity contribution in [2.24, 2.45) is 11.7 Å². The number of anilines is 1. The number of primary amides is 1. The van der Waals surface area contributed by atoms with Crippen molar-refractivity contribution >= 4 is 77.3 Å². The topological polar surface area (TPSA) is 93.4 Å². The minimum Gasteiger partial charge on any atom is -0.495 e. The van der Waals surface area contributed by atoms with E-state index in [2.05, 4.69) is 49.4 Å². The molecule has 10 heteroatoms. The number of nitrogens with one attached hydrogen (secondary N) is 2. The molecule has 1 aliphatic rings. The van der Waals surface area contributed by atoms with Crippen molar-refractivity contribution in [3.8, 4) is 5.75 Å². The Morgan fingerprint density at radius 2 is 2.07 bits per heavy atom. The van der Waals surface area contributed by atoms with Crippen LogP contribution in [0.25, 0.3) is 0 Å². The number of methoxy groups -OCH3 is 1. The summed E-state index contributed by atoms with van der Waals surface area (Å²) in [5, 5.41) is 6.29. The molecule has 0 fully saturated rings. The summed E-state index contributed by atoms with van der Waals surface area (Å²) in [5.41, 5.74) is 7.40. The van der Waals surface area contributed by atoms with Crippen LogP contribution in [0.4, 0.5) is 5.00 Å². The lowest BCUT2D eigenvalue weighted by atomic mass is 9.88. The fraction of sp³-hybridized carbons (Fsp3) is 0.316. The number of hydrogen-bond acceptors (Lipinski definition) is 5. The molecule has 2 amide bonds. The number of ether oxygens (including phenoxy) is 1. The van der Waals surface area contributed by atoms with Crippen LogP contribution in [0.1, 0.15) is 44.5 Å². The van der Waals surface area contributed by atoms with E-state index in [0.29, 0.717) is 36.7 Å². The van der Waals surface area contributed by atoms with Crippen molar-refractivity contribution in [1.29, 1.82) is 0 Å². The average Bonchev–Trinajstić information content (AvgIpc) is 2.97. The fourth-order valence-electron chi connectivity index (χ4n) is 3.34. The molecule has 29 heavy (non-hydrogen) atoms. The fourth-order valence-corrected chi connectivity index (χ4v) is 6.41. The van der Waals surface area contributed by atoms with Gasteiger partial charge in [-0.25, -0.2) is 0 Å². The van der Waals surface area contributed by atoms with Crippen LogP contribution in [0, 0.1) is 5.92 Å². The second kappa shape index (κ2) is 9.11. The summed E-state index contributed by atoms with van der Waals surface area (Å²) in [6.45, 7) is 2.19. The van der Waals surface area contributed by atoms with Crippen LogP contribution in [0.5, 0.6) is 5.75 Å². The summed E-state index contributed by atoms with van der Waals surface area (Å²) in [6, 6.07) is 3.42. The zero-order valence-electron chi connectivity index (χ0n) is 15.7. The van der Waals surface area contributed by atoms with Gasteiger partial charge in [-0.05, 0) is 71.0 Å². The Morgan fingerprint density at radius 3 is 2.72 bits per heavy atom. The van der Waals surface area contributed by atoms with Crippen LogP contribution < -0.4 is 21.1 Å². The molecule has 0 spiro atoms. The van der Waals surface area contributed by atoms with Crippen LogP contribution in [0.2, 0.25) is 0 Å². The van der Waals surface area contributed by atoms with Crippen molar-refractivity contribution < 1.29 is 14.3 Å². The Morgan fingerprint density at radius 1 is 1.34 bits per heavy atom. The molecule has 0 saturated carbocycles. The van der Waals surface area contributed by atoms with Crippen molar-refractivity contribution in [3.05, 3.63) is 42.6 Å². The number of nitrogens with two attached hydrogens (primary N) is 1. The van der Waals surface area contributed by atoms with E-state index in [1.165, 1.54) is 18.4 Å². The number of thiocarbonyl (C=S) groups is 1. The standard InChI is InChI=1S/C19H19Br2N3O3S2/c1-8-3-4-10-13(5-8)29-18(14(10)16(22)25)24-19(28)23-17(26)11-6-9(20)7-12(21)15(11)27-2/h6-8H,3-5H2,1-2H3,(H2,22,25)(H2,23,24,26,28)/t8-/m0/s1. The zero-order chi connectivity index (χ0) is 21.3. The lowest BCUT2D eigenvalue weighted by Gasteiger charge is -2.18. The summed E-state index contributed by atoms with van der Waals surface area (Å²) in [5.74, 6) is 0.0268. The summed E-state index contributed by atoms with van der Waals surface area (Å²) < 4.78 is 6.66. The second-order valence-corrected chi connectivity index (χ2v) is 10.1. The van der Waals surface area contributed by atoms with Crippen molar-refractivity contribution in [2.45, 2.75) is 26.2 Å². The third kappa shape index (κ3) is 4.82. The molecule has 1 aromatic heterocycles. The molecule has 0 saturated heterocycles. The van der Waals surface area contributed by atoms with Gasteiger partial charge in [-0.3, -0.25) is 14.9 Å². The second-order valence-electron chi connectivity index (χ2n) is 6.80. The molecule has 6 nitrogen and oxygen atoms in total. The van der Waals surface area contributed by atoms with Crippen molar-refractivity contribution in [2.75, 3.05) is 12.4 Å². The van der Waals surface area contributed by atoms with E-state index in [-0.39, 0.29) is 5.11 Å². The Balaban J connectivity index is 1.82. The Kier molecular flexibility index (Phi) is 6.98. The molecule has 0 radical (unpaired) electrons. The highest BCUT2D eigenvalue weighted by Gasteiger charge is 2.27. The molecule has 1 atom stereocenters. The van der Waals surface area contributed by atoms with Gasteiger partial charge in [-0.1, -0.05) is 22.9 Å². The predicted octanol–water partition coefficient (Wildman–Crippen LogP) is 4.63. The van der Waals surface area contributed by atoms with Gasteiger partial charge in [0, 0.05) is 9.35 Å². The van der Waals surface area contributed by atoms with Crippen molar-refractivity contribution in [3.63, 3.8) is 0 Å². The quantitative estimate of drug-likeness (QED) is 0.474. The minimum atomic E-state index is -0.494. The summed E-state index contributed by atoms with van der Waals surface area (Å²) >= 11 is 13.5. The number of carbonyl (C=O) groups is 2. The van der Waals surface area contributed by atoms with Crippen molar-refractivity contribution in [1.82, 2.24) is 5.32 Å². The average molecular weight is 561 g/mol. The normalized spacial score (nSPS) is 15.4. The molecule has 1 heterocycles. The maximum atomic E-state index is 12.7. The van der Waals surface area contributed by atoms with Gasteiger partial charge in [0.25, 0.3) is 11.8 Å². The number of fused-ring (bicyclic) bond motifs is 1. The van der Waals surface area contributed by atoms with E-state index in [4.69, 9.17) is 22.7 Å². The number of carbonyl (C=O) groups excluding carboxylic acids is 2. The molecule has 0 unspecified atom stereocenters. The number of hydrogen-bond donors (Lipinski definition) is 3. The SMILES string of the molecule is COc1c(Br)cc(Br)cc1C(=O)NC(=S)Nc1sc2c(c1C(N)=O)CC[C@H](C)C2. The van der Waals surface area contributed by atoms with Gasteiger partial charge in [0.2, 0.25) is 0 Å². The first-order chi connectivity index (χ1) is 13.7. The lowest BCUT2D eigenvalue weighted by Crippen LogP contribution is -2.34. The minimum absolute atomic E-state index is 0.0855. The van der Waals surface area contributed by atoms with Crippen LogP contribution in [-0.2, 0) is 12.8 Å². The van der Waals surface area contributed by atoms with E-state index >= 15 is 0 Å². The Labute approximate surface area is 194 Å². The summed E-state index contributed by atoms with van der Waals surface area (Å²) in [6.07, 6.45) is 2.74. The number of thiophene rings is 1. The molecule has 0 bridgehead atoms. The van der Waals surface area contributed by atoms with Crippen LogP contribution in [-0.4, -0.2) is 24.0 Å². The first kappa shape index (κ1) is 22.2. The van der Waals surface area contributed by atoms with Gasteiger partial charge >= 0.3 is 0 Å². The third-order valence-electron chi connectivity index (χ3n) is 4.67. The molecule has 154 valence electrons. The molecule has 0 aliphatic heterocycles. The highest BCUT2D eigenvalue weighted by molar-refractivity contribution is 9.11. The van der Waals surface area contributed by atoms with Crippen LogP contribution in [0.15, 0.2) is 21.1 Å². The zero-order valence-corrected chi connectivity index (χ0v) is 20.5. The van der Waals surface area contributed by atoms with E-state index < -0.39 is 11.8 Å². The smallest absolute Gasteiger partial charge is 0.261 e. The number of halogens is 2. The van der Waals surface area contributed by atoms with Gasteiger partial charge in [-0.15, -0.1) is 11.3 Å². The van der Waals surface area contributed by atoms with Gasteiger partial charge < -0.3 is 15.8 Å². The molecule has 1 aromatic carbocycles. The Bertz CT molecular complexity index is 1010. The molecular formula is C19H19Br2N3O3S2. The maximum Gasteiger partial charge on any atom is 0.261 e. The summed E-state index contributed by atoms with van der Waals surface area (Å²) in [4.78, 5) is 25.9. The highest BCUT2D eigenvalue weighted by Crippen LogP contribution is 2.39. The monoisotopic (exact) mass is 559 g/mol. The molecular weight excluding hydrogens is 542 g/mol. The highest BCUT2D eigenvalue weighted by atomic mass is 79.9. The van der Waals surface area contributed by atoms with Gasteiger partial charge in [0.15, 0.2) is 5.11 Å². The van der Waals surface area contributed by atoms with E-state index in [1.54, 1.807) is 12.1 Å². The van der Waals surface area contributed by atoms with E-state index in [1.807, 2.05) is 0 Å². The first-order valence-electron chi connectivity index (χ1n) is 8.81. The van der Waals surface area contributed by atoms with Gasteiger partial charge in [0.05, 0.1) is 22.7 Å². The number of benzene rings is 1. The van der Waals surface area contributed by atoms with Crippen LogP contribution >= 0.6 is 55.4 Å². The third-order valence-corrected chi connectivity index (χ3v) is 7.09. The molecule has 3 rings (SSSR count). The lowest BCUT2D eigenvalue weighted by molar-refractivity contribution is 0.0972. The largest absolute Gasteiger partial charge is 0.495 e. The van der Waals surface area contributed by atoms with Gasteiger partial charge in [0.1, 0.15) is 10.8 Å². The first-order valence-corrected chi connectivity index (χ1v) is 11.6. The number of amides is 2. The number of rotatable bonds is 4. The summed E-state index contributed by atoms with van der Waals surface area (Å²) in [7, 11) is 1.48.